The highest BCUT2D eigenvalue weighted by Crippen LogP contribution is 2.30. The zero-order chi connectivity index (χ0) is 18.6. The maximum absolute atomic E-state index is 14.7. The monoisotopic (exact) mass is 355 g/mol. The third-order valence-electron chi connectivity index (χ3n) is 4.86. The molecule has 0 fully saturated rings. The van der Waals surface area contributed by atoms with Gasteiger partial charge in [0, 0.05) is 42.4 Å². The van der Waals surface area contributed by atoms with Gasteiger partial charge in [-0.2, -0.15) is 9.49 Å². The Hall–Kier alpha value is -2.70. The average molecular weight is 355 g/mol. The Kier molecular flexibility index (Phi) is 3.64. The molecule has 0 spiro atoms. The number of fused-ring (bicyclic) bond motifs is 2. The highest BCUT2D eigenvalue weighted by Gasteiger charge is 2.32. The molecule has 26 heavy (non-hydrogen) atoms. The van der Waals surface area contributed by atoms with Crippen molar-refractivity contribution >= 4 is 11.6 Å². The van der Waals surface area contributed by atoms with Crippen molar-refractivity contribution in [1.29, 1.82) is 0 Å². The van der Waals surface area contributed by atoms with Crippen molar-refractivity contribution in [2.24, 2.45) is 0 Å². The lowest BCUT2D eigenvalue weighted by molar-refractivity contribution is 0.0722. The molecule has 0 bridgehead atoms. The summed E-state index contributed by atoms with van der Waals surface area (Å²) in [6.07, 6.45) is 2.28. The Morgan fingerprint density at radius 3 is 2.85 bits per heavy atom. The van der Waals surface area contributed by atoms with Gasteiger partial charge in [-0.25, -0.2) is 4.98 Å². The van der Waals surface area contributed by atoms with E-state index in [1.54, 1.807) is 23.2 Å². The summed E-state index contributed by atoms with van der Waals surface area (Å²) in [4.78, 5) is 18.8. The summed E-state index contributed by atoms with van der Waals surface area (Å²) < 4.78 is 16.0. The van der Waals surface area contributed by atoms with Crippen LogP contribution in [-0.4, -0.2) is 36.9 Å². The van der Waals surface area contributed by atoms with Gasteiger partial charge in [0.25, 0.3) is 5.91 Å². The number of rotatable bonds is 1. The van der Waals surface area contributed by atoms with Gasteiger partial charge in [-0.15, -0.1) is 0 Å². The number of imidazole rings is 1. The lowest BCUT2D eigenvalue weighted by Gasteiger charge is -2.28. The molecule has 3 aromatic rings. The fraction of sp³-hybridized carbons (Fsp3) is 0.421. The van der Waals surface area contributed by atoms with E-state index in [4.69, 9.17) is 0 Å². The van der Waals surface area contributed by atoms with Crippen molar-refractivity contribution in [3.63, 3.8) is 0 Å². The van der Waals surface area contributed by atoms with E-state index in [0.29, 0.717) is 25.2 Å². The first-order valence-corrected chi connectivity index (χ1v) is 8.76. The largest absolute Gasteiger partial charge is 0.332 e. The third-order valence-corrected chi connectivity index (χ3v) is 4.86. The van der Waals surface area contributed by atoms with Gasteiger partial charge in [-0.3, -0.25) is 14.3 Å². The van der Waals surface area contributed by atoms with E-state index in [0.717, 1.165) is 22.5 Å². The van der Waals surface area contributed by atoms with E-state index >= 15 is 0 Å². The molecule has 0 radical (unpaired) electrons. The smallest absolute Gasteiger partial charge is 0.277 e. The predicted molar refractivity (Wildman–Crippen MR) is 95.6 cm³/mol. The molecule has 6 nitrogen and oxygen atoms in total. The number of halogens is 1. The van der Waals surface area contributed by atoms with Crippen molar-refractivity contribution in [2.75, 3.05) is 6.54 Å². The minimum Gasteiger partial charge on any atom is -0.332 e. The zero-order valence-corrected chi connectivity index (χ0v) is 15.4. The minimum absolute atomic E-state index is 0.123. The molecule has 0 saturated carbocycles. The standard InChI is InChI=1S/C19H22FN5O/c1-11-5-8-25-14(9-11)21-15(17(25)20)18(26)24-7-6-13-12(10-24)16(23-22-13)19(2,3)4/h5,8-9H,6-7,10H2,1-4H3,(H,22,23). The fourth-order valence-corrected chi connectivity index (χ4v) is 3.49. The van der Waals surface area contributed by atoms with Crippen LogP contribution in [0.5, 0.6) is 0 Å². The lowest BCUT2D eigenvalue weighted by atomic mass is 9.87. The molecule has 0 unspecified atom stereocenters. The summed E-state index contributed by atoms with van der Waals surface area (Å²) in [7, 11) is 0. The van der Waals surface area contributed by atoms with E-state index in [1.807, 2.05) is 6.92 Å². The number of carbonyl (C=O) groups is 1. The fourth-order valence-electron chi connectivity index (χ4n) is 3.49. The Morgan fingerprint density at radius 1 is 1.35 bits per heavy atom. The molecule has 1 aliphatic heterocycles. The van der Waals surface area contributed by atoms with Gasteiger partial charge in [-0.1, -0.05) is 20.8 Å². The van der Waals surface area contributed by atoms with Gasteiger partial charge in [-0.05, 0) is 24.6 Å². The molecule has 0 aliphatic carbocycles. The molecule has 0 atom stereocenters. The van der Waals surface area contributed by atoms with E-state index in [-0.39, 0.29) is 17.0 Å². The number of aromatic nitrogens is 4. The summed E-state index contributed by atoms with van der Waals surface area (Å²) in [6.45, 7) is 9.12. The third kappa shape index (κ3) is 2.58. The van der Waals surface area contributed by atoms with Crippen LogP contribution in [-0.2, 0) is 18.4 Å². The number of H-pyrrole nitrogens is 1. The van der Waals surface area contributed by atoms with Crippen molar-refractivity contribution in [3.05, 3.63) is 52.5 Å². The lowest BCUT2D eigenvalue weighted by Crippen LogP contribution is -2.37. The van der Waals surface area contributed by atoms with Crippen LogP contribution in [0, 0.1) is 12.9 Å². The van der Waals surface area contributed by atoms with Crippen LogP contribution in [0.2, 0.25) is 0 Å². The summed E-state index contributed by atoms with van der Waals surface area (Å²) in [5.74, 6) is -0.991. The quantitative estimate of drug-likeness (QED) is 0.730. The van der Waals surface area contributed by atoms with E-state index in [9.17, 15) is 9.18 Å². The second-order valence-corrected chi connectivity index (χ2v) is 7.94. The van der Waals surface area contributed by atoms with Crippen LogP contribution >= 0.6 is 0 Å². The number of aromatic amines is 1. The van der Waals surface area contributed by atoms with E-state index in [1.165, 1.54) is 4.40 Å². The molecule has 4 rings (SSSR count). The summed E-state index contributed by atoms with van der Waals surface area (Å²) in [5.41, 5.74) is 4.22. The highest BCUT2D eigenvalue weighted by molar-refractivity contribution is 5.93. The van der Waals surface area contributed by atoms with Gasteiger partial charge in [0.15, 0.2) is 5.69 Å². The van der Waals surface area contributed by atoms with Crippen molar-refractivity contribution in [2.45, 2.75) is 46.1 Å². The average Bonchev–Trinajstić information content (AvgIpc) is 3.14. The van der Waals surface area contributed by atoms with Crippen LogP contribution in [0.25, 0.3) is 5.65 Å². The maximum atomic E-state index is 14.7. The topological polar surface area (TPSA) is 66.3 Å². The molecule has 3 aromatic heterocycles. The normalized spacial score (nSPS) is 14.7. The van der Waals surface area contributed by atoms with Gasteiger partial charge >= 0.3 is 0 Å². The summed E-state index contributed by atoms with van der Waals surface area (Å²) in [5, 5.41) is 7.53. The molecule has 1 amide bonds. The Bertz CT molecular complexity index is 1010. The number of hydrogen-bond acceptors (Lipinski definition) is 3. The molecule has 0 saturated heterocycles. The number of hydrogen-bond donors (Lipinski definition) is 1. The second kappa shape index (κ2) is 5.65. The Balaban J connectivity index is 1.68. The number of carbonyl (C=O) groups excluding carboxylic acids is 1. The molecule has 4 heterocycles. The van der Waals surface area contributed by atoms with Crippen molar-refractivity contribution in [3.8, 4) is 0 Å². The maximum Gasteiger partial charge on any atom is 0.277 e. The predicted octanol–water partition coefficient (Wildman–Crippen LogP) is 3.00. The molecule has 136 valence electrons. The SMILES string of the molecule is Cc1ccn2c(F)c(C(=O)N3CCc4[nH]nc(C(C)(C)C)c4C3)nc2c1. The second-order valence-electron chi connectivity index (χ2n) is 7.94. The first-order chi connectivity index (χ1) is 12.3. The van der Waals surface area contributed by atoms with Crippen LogP contribution in [0.4, 0.5) is 4.39 Å². The van der Waals surface area contributed by atoms with E-state index in [2.05, 4.69) is 36.0 Å². The van der Waals surface area contributed by atoms with Gasteiger partial charge < -0.3 is 4.90 Å². The Morgan fingerprint density at radius 2 is 2.12 bits per heavy atom. The van der Waals surface area contributed by atoms with Crippen LogP contribution in [0.1, 0.15) is 53.8 Å². The van der Waals surface area contributed by atoms with Crippen molar-refractivity contribution in [1.82, 2.24) is 24.5 Å². The van der Waals surface area contributed by atoms with E-state index < -0.39 is 5.95 Å². The highest BCUT2D eigenvalue weighted by atomic mass is 19.1. The van der Waals surface area contributed by atoms with Gasteiger partial charge in [0.1, 0.15) is 5.65 Å². The first-order valence-electron chi connectivity index (χ1n) is 8.76. The number of pyridine rings is 1. The zero-order valence-electron chi connectivity index (χ0n) is 15.4. The van der Waals surface area contributed by atoms with Gasteiger partial charge in [0.05, 0.1) is 5.69 Å². The minimum atomic E-state index is -0.612. The van der Waals surface area contributed by atoms with Gasteiger partial charge in [0.2, 0.25) is 5.95 Å². The van der Waals surface area contributed by atoms with Crippen LogP contribution in [0.15, 0.2) is 18.3 Å². The number of aryl methyl sites for hydroxylation is 1. The first kappa shape index (κ1) is 16.8. The summed E-state index contributed by atoms with van der Waals surface area (Å²) in [6, 6.07) is 3.56. The molecule has 1 aliphatic rings. The number of amides is 1. The molecule has 0 aromatic carbocycles. The molecule has 1 N–H and O–H groups in total. The Labute approximate surface area is 151 Å². The molecule has 7 heteroatoms. The summed E-state index contributed by atoms with van der Waals surface area (Å²) >= 11 is 0. The van der Waals surface area contributed by atoms with Crippen LogP contribution in [0.3, 0.4) is 0 Å². The molecular formula is C19H22FN5O. The number of nitrogens with zero attached hydrogens (tertiary/aromatic N) is 4. The number of nitrogens with one attached hydrogen (secondary N) is 1. The van der Waals surface area contributed by atoms with Crippen molar-refractivity contribution < 1.29 is 9.18 Å². The van der Waals surface area contributed by atoms with Crippen LogP contribution < -0.4 is 0 Å². The molecular weight excluding hydrogens is 333 g/mol.